The summed E-state index contributed by atoms with van der Waals surface area (Å²) in [4.78, 5) is 12.2. The van der Waals surface area contributed by atoms with Crippen molar-refractivity contribution < 1.29 is 18.0 Å². The largest absolute Gasteiger partial charge is 0.453 e. The molecule has 0 N–H and O–H groups in total. The molecule has 100 valence electrons. The number of benzene rings is 2. The molecule has 0 radical (unpaired) electrons. The first kappa shape index (κ1) is 12.8. The third kappa shape index (κ3) is 1.98. The van der Waals surface area contributed by atoms with Crippen molar-refractivity contribution in [2.45, 2.75) is 0 Å². The normalized spacial score (nSPS) is 10.9. The quantitative estimate of drug-likeness (QED) is 0.646. The molecular weight excluding hydrogens is 286 g/mol. The molecule has 2 aromatic carbocycles. The monoisotopic (exact) mass is 292 g/mol. The number of rotatable bonds is 2. The number of fused-ring (bicyclic) bond motifs is 1. The molecule has 0 spiro atoms. The predicted molar refractivity (Wildman–Crippen MR) is 71.0 cm³/mol. The van der Waals surface area contributed by atoms with Crippen molar-refractivity contribution in [3.05, 3.63) is 70.4 Å². The van der Waals surface area contributed by atoms with Gasteiger partial charge in [0.05, 0.1) is 10.6 Å². The fourth-order valence-electron chi connectivity index (χ4n) is 1.98. The van der Waals surface area contributed by atoms with Crippen LogP contribution < -0.4 is 0 Å². The smallest absolute Gasteiger partial charge is 0.234 e. The standard InChI is InChI=1S/C15H7ClF2O2/c16-9-3-1-6-12-8(9)7-13(20-12)15(19)14-10(17)4-2-5-11(14)18/h1-7H. The minimum atomic E-state index is -0.929. The highest BCUT2D eigenvalue weighted by atomic mass is 35.5. The van der Waals surface area contributed by atoms with Crippen molar-refractivity contribution >= 4 is 28.4 Å². The van der Waals surface area contributed by atoms with Crippen LogP contribution in [0.25, 0.3) is 11.0 Å². The van der Waals surface area contributed by atoms with Crippen LogP contribution >= 0.6 is 11.6 Å². The number of hydrogen-bond donors (Lipinski definition) is 0. The van der Waals surface area contributed by atoms with Crippen LogP contribution in [0.5, 0.6) is 0 Å². The molecule has 0 amide bonds. The van der Waals surface area contributed by atoms with E-state index in [1.165, 1.54) is 12.1 Å². The first-order valence-electron chi connectivity index (χ1n) is 5.74. The topological polar surface area (TPSA) is 30.2 Å². The molecule has 0 fully saturated rings. The van der Waals surface area contributed by atoms with Gasteiger partial charge < -0.3 is 4.42 Å². The SMILES string of the molecule is O=C(c1cc2c(Cl)cccc2o1)c1c(F)cccc1F. The Hall–Kier alpha value is -2.20. The van der Waals surface area contributed by atoms with Gasteiger partial charge >= 0.3 is 0 Å². The maximum Gasteiger partial charge on any atom is 0.234 e. The molecule has 0 unspecified atom stereocenters. The summed E-state index contributed by atoms with van der Waals surface area (Å²) in [5, 5.41) is 0.925. The second-order valence-electron chi connectivity index (χ2n) is 4.19. The summed E-state index contributed by atoms with van der Waals surface area (Å²) in [6.45, 7) is 0. The van der Waals surface area contributed by atoms with E-state index in [2.05, 4.69) is 0 Å². The Morgan fingerprint density at radius 2 is 1.70 bits per heavy atom. The predicted octanol–water partition coefficient (Wildman–Crippen LogP) is 4.60. The van der Waals surface area contributed by atoms with Crippen molar-refractivity contribution in [2.24, 2.45) is 0 Å². The zero-order valence-corrected chi connectivity index (χ0v) is 10.7. The maximum atomic E-state index is 13.6. The van der Waals surface area contributed by atoms with E-state index in [0.717, 1.165) is 12.1 Å². The van der Waals surface area contributed by atoms with E-state index in [0.29, 0.717) is 16.0 Å². The molecule has 1 aromatic heterocycles. The first-order chi connectivity index (χ1) is 9.58. The summed E-state index contributed by atoms with van der Waals surface area (Å²) in [6.07, 6.45) is 0. The molecule has 20 heavy (non-hydrogen) atoms. The summed E-state index contributed by atoms with van der Waals surface area (Å²) < 4.78 is 32.5. The van der Waals surface area contributed by atoms with Crippen LogP contribution in [0.3, 0.4) is 0 Å². The van der Waals surface area contributed by atoms with Gasteiger partial charge in [0.25, 0.3) is 0 Å². The summed E-state index contributed by atoms with van der Waals surface area (Å²) in [5.41, 5.74) is -0.250. The minimum Gasteiger partial charge on any atom is -0.453 e. The number of carbonyl (C=O) groups is 1. The molecule has 0 aliphatic heterocycles. The second-order valence-corrected chi connectivity index (χ2v) is 4.60. The lowest BCUT2D eigenvalue weighted by Gasteiger charge is -2.00. The molecule has 3 aromatic rings. The summed E-state index contributed by atoms with van der Waals surface area (Å²) >= 11 is 5.96. The molecule has 3 rings (SSSR count). The third-order valence-corrected chi connectivity index (χ3v) is 3.25. The van der Waals surface area contributed by atoms with Gasteiger partial charge in [0.15, 0.2) is 5.76 Å². The van der Waals surface area contributed by atoms with Crippen molar-refractivity contribution in [1.29, 1.82) is 0 Å². The molecule has 0 saturated carbocycles. The molecule has 5 heteroatoms. The van der Waals surface area contributed by atoms with Crippen LogP contribution in [-0.2, 0) is 0 Å². The lowest BCUT2D eigenvalue weighted by Crippen LogP contribution is -2.06. The molecule has 0 bridgehead atoms. The van der Waals surface area contributed by atoms with E-state index in [9.17, 15) is 13.6 Å². The van der Waals surface area contributed by atoms with Gasteiger partial charge in [-0.25, -0.2) is 8.78 Å². The van der Waals surface area contributed by atoms with E-state index in [-0.39, 0.29) is 5.76 Å². The second kappa shape index (κ2) is 4.72. The summed E-state index contributed by atoms with van der Waals surface area (Å²) in [7, 11) is 0. The van der Waals surface area contributed by atoms with Crippen molar-refractivity contribution in [2.75, 3.05) is 0 Å². The number of carbonyl (C=O) groups excluding carboxylic acids is 1. The fourth-order valence-corrected chi connectivity index (χ4v) is 2.20. The summed E-state index contributed by atoms with van der Waals surface area (Å²) in [6, 6.07) is 9.53. The number of ketones is 1. The fraction of sp³-hybridized carbons (Fsp3) is 0. The van der Waals surface area contributed by atoms with Crippen LogP contribution in [0, 0.1) is 11.6 Å². The number of halogens is 3. The van der Waals surface area contributed by atoms with E-state index in [1.807, 2.05) is 0 Å². The summed E-state index contributed by atoms with van der Waals surface area (Å²) in [5.74, 6) is -2.87. The van der Waals surface area contributed by atoms with E-state index >= 15 is 0 Å². The van der Waals surface area contributed by atoms with Crippen LogP contribution in [0.2, 0.25) is 5.02 Å². The van der Waals surface area contributed by atoms with Crippen molar-refractivity contribution in [1.82, 2.24) is 0 Å². The highest BCUT2D eigenvalue weighted by molar-refractivity contribution is 6.35. The molecule has 2 nitrogen and oxygen atoms in total. The zero-order valence-electron chi connectivity index (χ0n) is 9.99. The highest BCUT2D eigenvalue weighted by Gasteiger charge is 2.22. The molecule has 0 saturated heterocycles. The Morgan fingerprint density at radius 1 is 1.05 bits per heavy atom. The van der Waals surface area contributed by atoms with Crippen LogP contribution in [0.15, 0.2) is 46.9 Å². The van der Waals surface area contributed by atoms with Crippen LogP contribution in [0.1, 0.15) is 16.1 Å². The van der Waals surface area contributed by atoms with Gasteiger partial charge in [-0.15, -0.1) is 0 Å². The Bertz CT molecular complexity index is 804. The molecular formula is C15H7ClF2O2. The number of furan rings is 1. The Labute approximate surface area is 117 Å². The van der Waals surface area contributed by atoms with E-state index < -0.39 is 23.0 Å². The average Bonchev–Trinajstić information content (AvgIpc) is 2.84. The minimum absolute atomic E-state index is 0.155. The zero-order chi connectivity index (χ0) is 14.3. The molecule has 0 aliphatic carbocycles. The van der Waals surface area contributed by atoms with Crippen molar-refractivity contribution in [3.63, 3.8) is 0 Å². The van der Waals surface area contributed by atoms with Gasteiger partial charge in [-0.05, 0) is 30.3 Å². The van der Waals surface area contributed by atoms with Gasteiger partial charge in [-0.1, -0.05) is 23.7 Å². The Balaban J connectivity index is 2.16. The average molecular weight is 293 g/mol. The molecule has 0 aliphatic rings. The van der Waals surface area contributed by atoms with Gasteiger partial charge in [0.1, 0.15) is 17.2 Å². The lowest BCUT2D eigenvalue weighted by molar-refractivity contribution is 0.100. The third-order valence-electron chi connectivity index (χ3n) is 2.92. The van der Waals surface area contributed by atoms with Gasteiger partial charge in [-0.3, -0.25) is 4.79 Å². The van der Waals surface area contributed by atoms with Crippen LogP contribution in [-0.4, -0.2) is 5.78 Å². The lowest BCUT2D eigenvalue weighted by atomic mass is 10.1. The van der Waals surface area contributed by atoms with E-state index in [1.54, 1.807) is 18.2 Å². The maximum absolute atomic E-state index is 13.6. The Kier molecular flexibility index (Phi) is 3.03. The number of hydrogen-bond acceptors (Lipinski definition) is 2. The Morgan fingerprint density at radius 3 is 2.35 bits per heavy atom. The van der Waals surface area contributed by atoms with E-state index in [4.69, 9.17) is 16.0 Å². The van der Waals surface area contributed by atoms with Crippen LogP contribution in [0.4, 0.5) is 8.78 Å². The highest BCUT2D eigenvalue weighted by Crippen LogP contribution is 2.28. The molecule has 1 heterocycles. The van der Waals surface area contributed by atoms with Crippen molar-refractivity contribution in [3.8, 4) is 0 Å². The first-order valence-corrected chi connectivity index (χ1v) is 6.12. The van der Waals surface area contributed by atoms with Gasteiger partial charge in [0.2, 0.25) is 5.78 Å². The van der Waals surface area contributed by atoms with Gasteiger partial charge in [-0.2, -0.15) is 0 Å². The van der Waals surface area contributed by atoms with Gasteiger partial charge in [0, 0.05) is 5.39 Å². The molecule has 0 atom stereocenters.